The van der Waals surface area contributed by atoms with Gasteiger partial charge in [0.1, 0.15) is 5.75 Å². The third kappa shape index (κ3) is 4.54. The van der Waals surface area contributed by atoms with Gasteiger partial charge in [0.25, 0.3) is 0 Å². The summed E-state index contributed by atoms with van der Waals surface area (Å²) in [4.78, 5) is 0. The summed E-state index contributed by atoms with van der Waals surface area (Å²) >= 11 is 0. The number of ether oxygens (including phenoxy) is 1. The Kier molecular flexibility index (Phi) is 5.71. The number of aryl methyl sites for hydroxylation is 1. The molecule has 0 heterocycles. The number of benzene rings is 1. The first-order valence-electron chi connectivity index (χ1n) is 7.68. The Hall–Kier alpha value is -1.02. The van der Waals surface area contributed by atoms with Gasteiger partial charge >= 0.3 is 0 Å². The Morgan fingerprint density at radius 1 is 1.21 bits per heavy atom. The number of hydrogen-bond donors (Lipinski definition) is 1. The average Bonchev–Trinajstić information content (AvgIpc) is 2.91. The summed E-state index contributed by atoms with van der Waals surface area (Å²) in [7, 11) is 1.72. The monoisotopic (exact) mass is 261 g/mol. The number of rotatable bonds is 7. The molecule has 2 heteroatoms. The lowest BCUT2D eigenvalue weighted by Gasteiger charge is -2.12. The van der Waals surface area contributed by atoms with E-state index in [1.54, 1.807) is 7.11 Å². The lowest BCUT2D eigenvalue weighted by molar-refractivity contribution is 0.414. The van der Waals surface area contributed by atoms with Crippen LogP contribution in [0.25, 0.3) is 0 Å². The highest BCUT2D eigenvalue weighted by Gasteiger charge is 2.23. The zero-order chi connectivity index (χ0) is 13.5. The molecule has 1 aromatic rings. The Labute approximate surface area is 117 Å². The predicted molar refractivity (Wildman–Crippen MR) is 80.7 cm³/mol. The standard InChI is InChI=1S/C17H27NO/c1-3-12-18-16-9-6-15(13-16)5-4-14-7-10-17(19-2)11-8-14/h7-8,10-11,15-16,18H,3-6,9,12-13H2,1-2H3. The minimum absolute atomic E-state index is 0.779. The van der Waals surface area contributed by atoms with E-state index in [0.29, 0.717) is 0 Å². The second-order valence-corrected chi connectivity index (χ2v) is 5.72. The zero-order valence-corrected chi connectivity index (χ0v) is 12.3. The van der Waals surface area contributed by atoms with Gasteiger partial charge in [-0.05, 0) is 68.7 Å². The van der Waals surface area contributed by atoms with Gasteiger partial charge in [-0.15, -0.1) is 0 Å². The molecular weight excluding hydrogens is 234 g/mol. The molecule has 0 radical (unpaired) electrons. The highest BCUT2D eigenvalue weighted by molar-refractivity contribution is 5.27. The summed E-state index contributed by atoms with van der Waals surface area (Å²) in [5, 5.41) is 3.66. The van der Waals surface area contributed by atoms with Crippen LogP contribution in [0.2, 0.25) is 0 Å². The van der Waals surface area contributed by atoms with Crippen molar-refractivity contribution in [2.75, 3.05) is 13.7 Å². The first kappa shape index (κ1) is 14.4. The van der Waals surface area contributed by atoms with E-state index in [9.17, 15) is 0 Å². The van der Waals surface area contributed by atoms with Gasteiger partial charge in [0, 0.05) is 6.04 Å². The molecule has 1 fully saturated rings. The number of nitrogens with one attached hydrogen (secondary N) is 1. The summed E-state index contributed by atoms with van der Waals surface area (Å²) in [6, 6.07) is 9.30. The summed E-state index contributed by atoms with van der Waals surface area (Å²) in [5.41, 5.74) is 1.44. The quantitative estimate of drug-likeness (QED) is 0.806. The van der Waals surface area contributed by atoms with Crippen molar-refractivity contribution in [2.24, 2.45) is 5.92 Å². The summed E-state index contributed by atoms with van der Waals surface area (Å²) < 4.78 is 5.19. The van der Waals surface area contributed by atoms with Crippen LogP contribution in [0.5, 0.6) is 5.75 Å². The molecule has 0 aromatic heterocycles. The molecule has 2 rings (SSSR count). The van der Waals surface area contributed by atoms with Crippen molar-refractivity contribution < 1.29 is 4.74 Å². The molecule has 1 aliphatic carbocycles. The molecule has 0 amide bonds. The van der Waals surface area contributed by atoms with Crippen LogP contribution in [0, 0.1) is 5.92 Å². The van der Waals surface area contributed by atoms with Crippen molar-refractivity contribution >= 4 is 0 Å². The molecule has 19 heavy (non-hydrogen) atoms. The summed E-state index contributed by atoms with van der Waals surface area (Å²) in [6.45, 7) is 3.42. The topological polar surface area (TPSA) is 21.3 Å². The third-order valence-corrected chi connectivity index (χ3v) is 4.22. The molecule has 2 nitrogen and oxygen atoms in total. The van der Waals surface area contributed by atoms with Gasteiger partial charge in [-0.3, -0.25) is 0 Å². The van der Waals surface area contributed by atoms with Crippen LogP contribution in [0.3, 0.4) is 0 Å². The largest absolute Gasteiger partial charge is 0.497 e. The summed E-state index contributed by atoms with van der Waals surface area (Å²) in [5.74, 6) is 1.87. The average molecular weight is 261 g/mol. The molecule has 1 N–H and O–H groups in total. The molecular formula is C17H27NO. The van der Waals surface area contributed by atoms with Gasteiger partial charge in [-0.25, -0.2) is 0 Å². The molecule has 0 spiro atoms. The van der Waals surface area contributed by atoms with Crippen molar-refractivity contribution in [3.63, 3.8) is 0 Å². The fourth-order valence-electron chi connectivity index (χ4n) is 3.03. The third-order valence-electron chi connectivity index (χ3n) is 4.22. The first-order chi connectivity index (χ1) is 9.31. The van der Waals surface area contributed by atoms with E-state index < -0.39 is 0 Å². The van der Waals surface area contributed by atoms with E-state index in [2.05, 4.69) is 36.5 Å². The van der Waals surface area contributed by atoms with Crippen molar-refractivity contribution in [1.82, 2.24) is 5.32 Å². The zero-order valence-electron chi connectivity index (χ0n) is 12.3. The molecule has 0 bridgehead atoms. The fraction of sp³-hybridized carbons (Fsp3) is 0.647. The summed E-state index contributed by atoms with van der Waals surface area (Å²) in [6.07, 6.45) is 7.92. The van der Waals surface area contributed by atoms with Crippen molar-refractivity contribution in [3.8, 4) is 5.75 Å². The minimum Gasteiger partial charge on any atom is -0.497 e. The van der Waals surface area contributed by atoms with E-state index in [4.69, 9.17) is 4.74 Å². The van der Waals surface area contributed by atoms with Gasteiger partial charge < -0.3 is 10.1 Å². The molecule has 2 atom stereocenters. The van der Waals surface area contributed by atoms with E-state index >= 15 is 0 Å². The minimum atomic E-state index is 0.779. The van der Waals surface area contributed by atoms with Gasteiger partial charge in [0.05, 0.1) is 7.11 Å². The fourth-order valence-corrected chi connectivity index (χ4v) is 3.03. The SMILES string of the molecule is CCCNC1CCC(CCc2ccc(OC)cc2)C1. The van der Waals surface area contributed by atoms with Crippen molar-refractivity contribution in [1.29, 1.82) is 0 Å². The maximum atomic E-state index is 5.19. The van der Waals surface area contributed by atoms with E-state index in [1.807, 2.05) is 0 Å². The van der Waals surface area contributed by atoms with Crippen LogP contribution in [0.4, 0.5) is 0 Å². The maximum Gasteiger partial charge on any atom is 0.118 e. The second kappa shape index (κ2) is 7.54. The number of methoxy groups -OCH3 is 1. The lowest BCUT2D eigenvalue weighted by Crippen LogP contribution is -2.27. The van der Waals surface area contributed by atoms with Crippen LogP contribution >= 0.6 is 0 Å². The van der Waals surface area contributed by atoms with Crippen LogP contribution in [0.1, 0.15) is 44.6 Å². The molecule has 2 unspecified atom stereocenters. The predicted octanol–water partition coefficient (Wildman–Crippen LogP) is 3.80. The molecule has 0 saturated heterocycles. The van der Waals surface area contributed by atoms with Crippen LogP contribution in [0.15, 0.2) is 24.3 Å². The van der Waals surface area contributed by atoms with Crippen LogP contribution in [-0.4, -0.2) is 19.7 Å². The lowest BCUT2D eigenvalue weighted by atomic mass is 9.98. The molecule has 1 aliphatic rings. The Bertz CT molecular complexity index is 360. The van der Waals surface area contributed by atoms with Gasteiger partial charge in [-0.1, -0.05) is 19.1 Å². The van der Waals surface area contributed by atoms with E-state index in [1.165, 1.54) is 50.6 Å². The first-order valence-corrected chi connectivity index (χ1v) is 7.68. The molecule has 0 aliphatic heterocycles. The van der Waals surface area contributed by atoms with Gasteiger partial charge in [-0.2, -0.15) is 0 Å². The smallest absolute Gasteiger partial charge is 0.118 e. The van der Waals surface area contributed by atoms with E-state index in [-0.39, 0.29) is 0 Å². The molecule has 1 aromatic carbocycles. The van der Waals surface area contributed by atoms with Crippen LogP contribution < -0.4 is 10.1 Å². The van der Waals surface area contributed by atoms with Crippen molar-refractivity contribution in [3.05, 3.63) is 29.8 Å². The Morgan fingerprint density at radius 3 is 2.68 bits per heavy atom. The number of hydrogen-bond acceptors (Lipinski definition) is 2. The Morgan fingerprint density at radius 2 is 2.00 bits per heavy atom. The van der Waals surface area contributed by atoms with Gasteiger partial charge in [0.15, 0.2) is 0 Å². The maximum absolute atomic E-state index is 5.19. The highest BCUT2D eigenvalue weighted by Crippen LogP contribution is 2.29. The van der Waals surface area contributed by atoms with E-state index in [0.717, 1.165) is 17.7 Å². The van der Waals surface area contributed by atoms with Crippen molar-refractivity contribution in [2.45, 2.75) is 51.5 Å². The highest BCUT2D eigenvalue weighted by atomic mass is 16.5. The normalized spacial score (nSPS) is 22.6. The molecule has 106 valence electrons. The molecule has 1 saturated carbocycles. The second-order valence-electron chi connectivity index (χ2n) is 5.72. The van der Waals surface area contributed by atoms with Gasteiger partial charge in [0.2, 0.25) is 0 Å². The Balaban J connectivity index is 1.70. The van der Waals surface area contributed by atoms with Crippen LogP contribution in [-0.2, 0) is 6.42 Å².